The molecule has 1 aliphatic rings. The van der Waals surface area contributed by atoms with Crippen molar-refractivity contribution in [3.8, 4) is 0 Å². The minimum absolute atomic E-state index is 0.0944. The van der Waals surface area contributed by atoms with E-state index in [1.165, 1.54) is 9.80 Å². The molecule has 1 unspecified atom stereocenters. The van der Waals surface area contributed by atoms with E-state index in [0.717, 1.165) is 16.7 Å². The van der Waals surface area contributed by atoms with Crippen LogP contribution in [0.4, 0.5) is 4.79 Å². The number of amides is 4. The predicted molar refractivity (Wildman–Crippen MR) is 122 cm³/mol. The summed E-state index contributed by atoms with van der Waals surface area (Å²) in [6.07, 6.45) is 0. The van der Waals surface area contributed by atoms with Gasteiger partial charge in [0, 0.05) is 26.2 Å². The molecule has 1 atom stereocenters. The Balaban J connectivity index is 1.61. The average Bonchev–Trinajstić information content (AvgIpc) is 3.04. The van der Waals surface area contributed by atoms with Gasteiger partial charge in [0.15, 0.2) is 0 Å². The van der Waals surface area contributed by atoms with E-state index >= 15 is 0 Å². The number of urea groups is 1. The SMILES string of the molecule is CN(C)C(=O)c1ccc(CN2C(=O)C(c3ccccc3)N(Cc3ccccc3)C2=O)cc1. The van der Waals surface area contributed by atoms with Crippen molar-refractivity contribution in [2.45, 2.75) is 19.1 Å². The lowest BCUT2D eigenvalue weighted by molar-refractivity contribution is -0.128. The number of hydrogen-bond donors (Lipinski definition) is 0. The third kappa shape index (κ3) is 4.25. The molecule has 0 radical (unpaired) electrons. The van der Waals surface area contributed by atoms with Crippen LogP contribution in [0.15, 0.2) is 84.9 Å². The largest absolute Gasteiger partial charge is 0.345 e. The molecule has 0 saturated carbocycles. The molecule has 3 aromatic carbocycles. The van der Waals surface area contributed by atoms with Crippen LogP contribution in [0.1, 0.15) is 33.1 Å². The van der Waals surface area contributed by atoms with Gasteiger partial charge in [0.2, 0.25) is 0 Å². The molecular formula is C26H25N3O3. The Labute approximate surface area is 187 Å². The van der Waals surface area contributed by atoms with Crippen molar-refractivity contribution in [1.82, 2.24) is 14.7 Å². The van der Waals surface area contributed by atoms with Crippen LogP contribution in [0.2, 0.25) is 0 Å². The molecule has 4 rings (SSSR count). The van der Waals surface area contributed by atoms with Crippen LogP contribution in [0.5, 0.6) is 0 Å². The van der Waals surface area contributed by atoms with Crippen molar-refractivity contribution >= 4 is 17.8 Å². The van der Waals surface area contributed by atoms with Gasteiger partial charge < -0.3 is 9.80 Å². The molecule has 1 saturated heterocycles. The first-order valence-corrected chi connectivity index (χ1v) is 10.5. The number of nitrogens with zero attached hydrogens (tertiary/aromatic N) is 3. The molecule has 1 heterocycles. The van der Waals surface area contributed by atoms with Gasteiger partial charge in [0.05, 0.1) is 6.54 Å². The van der Waals surface area contributed by atoms with Gasteiger partial charge in [-0.25, -0.2) is 4.79 Å². The van der Waals surface area contributed by atoms with Crippen LogP contribution in [-0.4, -0.2) is 46.6 Å². The van der Waals surface area contributed by atoms with Crippen molar-refractivity contribution in [3.05, 3.63) is 107 Å². The molecule has 1 aliphatic heterocycles. The first-order valence-electron chi connectivity index (χ1n) is 10.5. The Hall–Kier alpha value is -3.93. The van der Waals surface area contributed by atoms with Gasteiger partial charge in [-0.2, -0.15) is 0 Å². The molecule has 0 spiro atoms. The lowest BCUT2D eigenvalue weighted by Crippen LogP contribution is -2.32. The molecule has 162 valence electrons. The molecule has 0 bridgehead atoms. The second kappa shape index (κ2) is 9.06. The summed E-state index contributed by atoms with van der Waals surface area (Å²) in [4.78, 5) is 43.3. The molecule has 6 nitrogen and oxygen atoms in total. The minimum atomic E-state index is -0.668. The fraction of sp³-hybridized carbons (Fsp3) is 0.192. The predicted octanol–water partition coefficient (Wildman–Crippen LogP) is 4.09. The Morgan fingerprint density at radius 1 is 0.781 bits per heavy atom. The highest BCUT2D eigenvalue weighted by atomic mass is 16.2. The first-order chi connectivity index (χ1) is 15.5. The minimum Gasteiger partial charge on any atom is -0.345 e. The topological polar surface area (TPSA) is 60.9 Å². The van der Waals surface area contributed by atoms with Crippen molar-refractivity contribution in [2.75, 3.05) is 14.1 Å². The number of carbonyl (C=O) groups excluding carboxylic acids is 3. The van der Waals surface area contributed by atoms with Crippen LogP contribution in [0.25, 0.3) is 0 Å². The first kappa shape index (κ1) is 21.3. The Kier molecular flexibility index (Phi) is 6.03. The van der Waals surface area contributed by atoms with Crippen molar-refractivity contribution in [2.24, 2.45) is 0 Å². The molecule has 4 amide bonds. The van der Waals surface area contributed by atoms with Crippen molar-refractivity contribution in [3.63, 3.8) is 0 Å². The van der Waals surface area contributed by atoms with E-state index < -0.39 is 6.04 Å². The zero-order chi connectivity index (χ0) is 22.7. The van der Waals surface area contributed by atoms with Gasteiger partial charge in [-0.15, -0.1) is 0 Å². The number of hydrogen-bond acceptors (Lipinski definition) is 3. The summed E-state index contributed by atoms with van der Waals surface area (Å²) in [5.74, 6) is -0.339. The van der Waals surface area contributed by atoms with Gasteiger partial charge in [-0.1, -0.05) is 72.8 Å². The monoisotopic (exact) mass is 427 g/mol. The zero-order valence-electron chi connectivity index (χ0n) is 18.1. The van der Waals surface area contributed by atoms with E-state index in [1.54, 1.807) is 43.3 Å². The quantitative estimate of drug-likeness (QED) is 0.557. The standard InChI is InChI=1S/C26H25N3O3/c1-27(2)24(30)22-15-13-20(14-16-22)18-29-25(31)23(21-11-7-4-8-12-21)28(26(29)32)17-19-9-5-3-6-10-19/h3-16,23H,17-18H2,1-2H3. The van der Waals surface area contributed by atoms with Crippen LogP contribution < -0.4 is 0 Å². The number of carbonyl (C=O) groups is 3. The van der Waals surface area contributed by atoms with Gasteiger partial charge in [0.25, 0.3) is 11.8 Å². The fourth-order valence-corrected chi connectivity index (χ4v) is 3.88. The number of benzene rings is 3. The molecule has 0 aliphatic carbocycles. The third-order valence-corrected chi connectivity index (χ3v) is 5.55. The van der Waals surface area contributed by atoms with E-state index in [9.17, 15) is 14.4 Å². The van der Waals surface area contributed by atoms with E-state index in [-0.39, 0.29) is 24.4 Å². The summed E-state index contributed by atoms with van der Waals surface area (Å²) in [6.45, 7) is 0.500. The van der Waals surface area contributed by atoms with E-state index in [1.807, 2.05) is 60.7 Å². The van der Waals surface area contributed by atoms with E-state index in [2.05, 4.69) is 0 Å². The van der Waals surface area contributed by atoms with Gasteiger partial charge in [0.1, 0.15) is 6.04 Å². The fourth-order valence-electron chi connectivity index (χ4n) is 3.88. The van der Waals surface area contributed by atoms with Crippen molar-refractivity contribution in [1.29, 1.82) is 0 Å². The second-order valence-electron chi connectivity index (χ2n) is 8.03. The molecule has 6 heteroatoms. The van der Waals surface area contributed by atoms with Crippen molar-refractivity contribution < 1.29 is 14.4 Å². The normalized spacial score (nSPS) is 15.9. The molecule has 3 aromatic rings. The average molecular weight is 428 g/mol. The van der Waals surface area contributed by atoms with Crippen LogP contribution >= 0.6 is 0 Å². The maximum atomic E-state index is 13.4. The highest BCUT2D eigenvalue weighted by Gasteiger charge is 2.45. The van der Waals surface area contributed by atoms with E-state index in [0.29, 0.717) is 12.1 Å². The third-order valence-electron chi connectivity index (χ3n) is 5.55. The molecule has 0 aromatic heterocycles. The molecule has 1 fully saturated rings. The highest BCUT2D eigenvalue weighted by Crippen LogP contribution is 2.33. The Morgan fingerprint density at radius 3 is 1.94 bits per heavy atom. The lowest BCUT2D eigenvalue weighted by Gasteiger charge is -2.22. The summed E-state index contributed by atoms with van der Waals surface area (Å²) in [6, 6.07) is 25.1. The summed E-state index contributed by atoms with van der Waals surface area (Å²) in [5.41, 5.74) is 3.10. The summed E-state index contributed by atoms with van der Waals surface area (Å²) in [5, 5.41) is 0. The Bertz CT molecular complexity index is 1110. The van der Waals surface area contributed by atoms with Gasteiger partial charge in [-0.3, -0.25) is 14.5 Å². The number of rotatable bonds is 6. The molecule has 0 N–H and O–H groups in total. The zero-order valence-corrected chi connectivity index (χ0v) is 18.1. The van der Waals surface area contributed by atoms with Gasteiger partial charge >= 0.3 is 6.03 Å². The van der Waals surface area contributed by atoms with Gasteiger partial charge in [-0.05, 0) is 28.8 Å². The highest BCUT2D eigenvalue weighted by molar-refractivity contribution is 6.04. The summed E-state index contributed by atoms with van der Waals surface area (Å²) in [7, 11) is 3.39. The smallest absolute Gasteiger partial charge is 0.328 e. The lowest BCUT2D eigenvalue weighted by atomic mass is 10.0. The molecular weight excluding hydrogens is 402 g/mol. The maximum absolute atomic E-state index is 13.4. The van der Waals surface area contributed by atoms with Crippen LogP contribution in [0.3, 0.4) is 0 Å². The molecule has 32 heavy (non-hydrogen) atoms. The summed E-state index contributed by atoms with van der Waals surface area (Å²) < 4.78 is 0. The Morgan fingerprint density at radius 2 is 1.34 bits per heavy atom. The second-order valence-corrected chi connectivity index (χ2v) is 8.03. The summed E-state index contributed by atoms with van der Waals surface area (Å²) >= 11 is 0. The van der Waals surface area contributed by atoms with Crippen LogP contribution in [-0.2, 0) is 17.9 Å². The number of imide groups is 1. The van der Waals surface area contributed by atoms with Crippen LogP contribution in [0, 0.1) is 0 Å². The maximum Gasteiger partial charge on any atom is 0.328 e. The van der Waals surface area contributed by atoms with E-state index in [4.69, 9.17) is 0 Å².